The largest absolute Gasteiger partial charge is 0.294 e. The van der Waals surface area contributed by atoms with E-state index in [0.29, 0.717) is 0 Å². The van der Waals surface area contributed by atoms with Crippen molar-refractivity contribution < 1.29 is 14.0 Å². The number of ketones is 2. The van der Waals surface area contributed by atoms with Crippen LogP contribution in [-0.4, -0.2) is 11.6 Å². The van der Waals surface area contributed by atoms with E-state index < -0.39 is 5.82 Å². The fourth-order valence-electron chi connectivity index (χ4n) is 3.86. The van der Waals surface area contributed by atoms with Crippen molar-refractivity contribution in [3.63, 3.8) is 0 Å². The normalized spacial score (nSPS) is 35.8. The average molecular weight is 242 g/mol. The molecule has 2 bridgehead atoms. The summed E-state index contributed by atoms with van der Waals surface area (Å²) in [6.07, 6.45) is 4.92. The van der Waals surface area contributed by atoms with Crippen LogP contribution in [0.1, 0.15) is 27.1 Å². The maximum Gasteiger partial charge on any atom is 0.170 e. The summed E-state index contributed by atoms with van der Waals surface area (Å²) in [4.78, 5) is 24.9. The molecule has 18 heavy (non-hydrogen) atoms. The Hall–Kier alpha value is -1.77. The molecule has 0 radical (unpaired) electrons. The van der Waals surface area contributed by atoms with Crippen LogP contribution in [-0.2, 0) is 0 Å². The Bertz CT molecular complexity index is 617. The lowest BCUT2D eigenvalue weighted by atomic mass is 9.69. The van der Waals surface area contributed by atoms with E-state index in [1.54, 1.807) is 6.07 Å². The molecule has 90 valence electrons. The molecule has 3 aliphatic carbocycles. The van der Waals surface area contributed by atoms with E-state index in [-0.39, 0.29) is 46.4 Å². The molecule has 0 N–H and O–H groups in total. The fourth-order valence-corrected chi connectivity index (χ4v) is 3.86. The van der Waals surface area contributed by atoms with Crippen molar-refractivity contribution in [1.82, 2.24) is 0 Å². The van der Waals surface area contributed by atoms with Gasteiger partial charge in [-0.05, 0) is 24.3 Å². The Morgan fingerprint density at radius 2 is 1.67 bits per heavy atom. The topological polar surface area (TPSA) is 34.1 Å². The maximum atomic E-state index is 13.8. The third-order valence-electron chi connectivity index (χ3n) is 4.59. The molecule has 0 aromatic heterocycles. The smallest absolute Gasteiger partial charge is 0.170 e. The molecule has 0 amide bonds. The lowest BCUT2D eigenvalue weighted by Crippen LogP contribution is -2.39. The average Bonchev–Trinajstić information content (AvgIpc) is 2.96. The van der Waals surface area contributed by atoms with Crippen LogP contribution in [0.5, 0.6) is 0 Å². The molecule has 1 aromatic rings. The van der Waals surface area contributed by atoms with Crippen molar-refractivity contribution in [2.24, 2.45) is 23.7 Å². The van der Waals surface area contributed by atoms with Crippen molar-refractivity contribution in [3.8, 4) is 0 Å². The van der Waals surface area contributed by atoms with Gasteiger partial charge in [-0.3, -0.25) is 9.59 Å². The third kappa shape index (κ3) is 1.03. The highest BCUT2D eigenvalue weighted by atomic mass is 19.1. The predicted octanol–water partition coefficient (Wildman–Crippen LogP) is 2.64. The molecule has 4 unspecified atom stereocenters. The lowest BCUT2D eigenvalue weighted by Gasteiger charge is -2.31. The fraction of sp³-hybridized carbons (Fsp3) is 0.333. The number of fused-ring (bicyclic) bond motifs is 6. The Morgan fingerprint density at radius 1 is 1.00 bits per heavy atom. The first-order chi connectivity index (χ1) is 8.68. The SMILES string of the molecule is O=C1c2cccc(F)c2C(=O)C2C3C=CC(C3)C12. The highest BCUT2D eigenvalue weighted by molar-refractivity contribution is 6.16. The van der Waals surface area contributed by atoms with Gasteiger partial charge in [0.2, 0.25) is 0 Å². The molecule has 4 atom stereocenters. The summed E-state index contributed by atoms with van der Waals surface area (Å²) in [5, 5.41) is 0. The van der Waals surface area contributed by atoms with Gasteiger partial charge in [0.1, 0.15) is 5.82 Å². The molecule has 0 aliphatic heterocycles. The van der Waals surface area contributed by atoms with Crippen LogP contribution in [0.25, 0.3) is 0 Å². The summed E-state index contributed by atoms with van der Waals surface area (Å²) in [6, 6.07) is 4.33. The van der Waals surface area contributed by atoms with Crippen LogP contribution in [0.4, 0.5) is 4.39 Å². The van der Waals surface area contributed by atoms with Gasteiger partial charge in [-0.2, -0.15) is 0 Å². The standard InChI is InChI=1S/C15H11FO2/c16-10-3-1-2-9-13(10)15(18)12-8-5-4-7(6-8)11(12)14(9)17/h1-5,7-8,11-12H,6H2. The van der Waals surface area contributed by atoms with E-state index in [1.165, 1.54) is 12.1 Å². The minimum Gasteiger partial charge on any atom is -0.294 e. The van der Waals surface area contributed by atoms with E-state index in [1.807, 2.05) is 12.2 Å². The molecule has 1 fully saturated rings. The number of benzene rings is 1. The Morgan fingerprint density at radius 3 is 2.39 bits per heavy atom. The first kappa shape index (κ1) is 10.2. The summed E-state index contributed by atoms with van der Waals surface area (Å²) in [5.74, 6) is -1.05. The van der Waals surface area contributed by atoms with Gasteiger partial charge in [-0.15, -0.1) is 0 Å². The number of halogens is 1. The molecule has 4 rings (SSSR count). The molecule has 0 spiro atoms. The van der Waals surface area contributed by atoms with Gasteiger partial charge in [0.05, 0.1) is 5.56 Å². The second kappa shape index (κ2) is 3.16. The Labute approximate surface area is 103 Å². The van der Waals surface area contributed by atoms with Crippen LogP contribution in [0, 0.1) is 29.5 Å². The van der Waals surface area contributed by atoms with Crippen LogP contribution in [0.3, 0.4) is 0 Å². The first-order valence-electron chi connectivity index (χ1n) is 6.24. The molecule has 0 heterocycles. The van der Waals surface area contributed by atoms with Gasteiger partial charge in [-0.25, -0.2) is 4.39 Å². The summed E-state index contributed by atoms with van der Waals surface area (Å²) >= 11 is 0. The molecule has 1 saturated carbocycles. The predicted molar refractivity (Wildman–Crippen MR) is 62.8 cm³/mol. The minimum absolute atomic E-state index is 0.0182. The number of carbonyl (C=O) groups excluding carboxylic acids is 2. The monoisotopic (exact) mass is 242 g/mol. The zero-order chi connectivity index (χ0) is 12.4. The highest BCUT2D eigenvalue weighted by Gasteiger charge is 2.55. The van der Waals surface area contributed by atoms with E-state index in [0.717, 1.165) is 6.42 Å². The molecule has 0 saturated heterocycles. The van der Waals surface area contributed by atoms with Crippen LogP contribution in [0.2, 0.25) is 0 Å². The summed E-state index contributed by atoms with van der Waals surface area (Å²) < 4.78 is 13.8. The van der Waals surface area contributed by atoms with Gasteiger partial charge in [0.15, 0.2) is 11.6 Å². The molecule has 3 heteroatoms. The minimum atomic E-state index is -0.559. The number of carbonyl (C=O) groups is 2. The van der Waals surface area contributed by atoms with Gasteiger partial charge in [0.25, 0.3) is 0 Å². The van der Waals surface area contributed by atoms with Gasteiger partial charge >= 0.3 is 0 Å². The van der Waals surface area contributed by atoms with Crippen molar-refractivity contribution in [1.29, 1.82) is 0 Å². The van der Waals surface area contributed by atoms with E-state index in [2.05, 4.69) is 0 Å². The van der Waals surface area contributed by atoms with Crippen molar-refractivity contribution in [3.05, 3.63) is 47.3 Å². The quantitative estimate of drug-likeness (QED) is 0.655. The van der Waals surface area contributed by atoms with Crippen molar-refractivity contribution in [2.45, 2.75) is 6.42 Å². The number of rotatable bonds is 0. The van der Waals surface area contributed by atoms with Gasteiger partial charge in [-0.1, -0.05) is 24.3 Å². The zero-order valence-corrected chi connectivity index (χ0v) is 9.60. The van der Waals surface area contributed by atoms with E-state index >= 15 is 0 Å². The second-order valence-corrected chi connectivity index (χ2v) is 5.39. The molecular formula is C15H11FO2. The van der Waals surface area contributed by atoms with Crippen LogP contribution in [0.15, 0.2) is 30.4 Å². The summed E-state index contributed by atoms with van der Waals surface area (Å²) in [5.41, 5.74) is 0.298. The Balaban J connectivity index is 1.96. The second-order valence-electron chi connectivity index (χ2n) is 5.39. The molecular weight excluding hydrogens is 231 g/mol. The summed E-state index contributed by atoms with van der Waals surface area (Å²) in [6.45, 7) is 0. The van der Waals surface area contributed by atoms with Crippen LogP contribution >= 0.6 is 0 Å². The van der Waals surface area contributed by atoms with E-state index in [9.17, 15) is 14.0 Å². The van der Waals surface area contributed by atoms with Crippen molar-refractivity contribution in [2.75, 3.05) is 0 Å². The number of Topliss-reactive ketones (excluding diaryl/α,β-unsaturated/α-hetero) is 2. The number of allylic oxidation sites excluding steroid dienone is 2. The maximum absolute atomic E-state index is 13.8. The highest BCUT2D eigenvalue weighted by Crippen LogP contribution is 2.52. The first-order valence-corrected chi connectivity index (χ1v) is 6.24. The number of hydrogen-bond donors (Lipinski definition) is 0. The van der Waals surface area contributed by atoms with Crippen molar-refractivity contribution >= 4 is 11.6 Å². The van der Waals surface area contributed by atoms with Crippen LogP contribution < -0.4 is 0 Å². The molecule has 3 aliphatic rings. The molecule has 1 aromatic carbocycles. The number of hydrogen-bond acceptors (Lipinski definition) is 2. The zero-order valence-electron chi connectivity index (χ0n) is 9.60. The van der Waals surface area contributed by atoms with E-state index in [4.69, 9.17) is 0 Å². The third-order valence-corrected chi connectivity index (χ3v) is 4.59. The van der Waals surface area contributed by atoms with Gasteiger partial charge in [0, 0.05) is 17.4 Å². The Kier molecular flexibility index (Phi) is 1.79. The lowest BCUT2D eigenvalue weighted by molar-refractivity contribution is 0.0716. The van der Waals surface area contributed by atoms with Gasteiger partial charge < -0.3 is 0 Å². The molecule has 2 nitrogen and oxygen atoms in total. The summed E-state index contributed by atoms with van der Waals surface area (Å²) in [7, 11) is 0.